The molecule has 0 aliphatic carbocycles. The number of Topliss-reactive ketones (excluding diaryl/α,β-unsaturated/α-hetero) is 1. The van der Waals surface area contributed by atoms with Crippen LogP contribution in [0.3, 0.4) is 0 Å². The molecule has 0 radical (unpaired) electrons. The van der Waals surface area contributed by atoms with E-state index in [2.05, 4.69) is 6.92 Å². The van der Waals surface area contributed by atoms with Crippen LogP contribution in [0.4, 0.5) is 4.39 Å². The van der Waals surface area contributed by atoms with E-state index < -0.39 is 5.82 Å². The van der Waals surface area contributed by atoms with Crippen LogP contribution in [0.5, 0.6) is 5.75 Å². The zero-order chi connectivity index (χ0) is 18.1. The highest BCUT2D eigenvalue weighted by Gasteiger charge is 2.08. The lowest BCUT2D eigenvalue weighted by atomic mass is 9.99. The fourth-order valence-corrected chi connectivity index (χ4v) is 2.92. The fourth-order valence-electron chi connectivity index (χ4n) is 2.92. The normalized spacial score (nSPS) is 10.8. The number of rotatable bonds is 10. The summed E-state index contributed by atoms with van der Waals surface area (Å²) in [6.07, 6.45) is 8.96. The van der Waals surface area contributed by atoms with Gasteiger partial charge < -0.3 is 5.11 Å². The van der Waals surface area contributed by atoms with E-state index in [0.717, 1.165) is 18.4 Å². The summed E-state index contributed by atoms with van der Waals surface area (Å²) in [7, 11) is 0. The average molecular weight is 342 g/mol. The molecule has 0 unspecified atom stereocenters. The molecule has 0 saturated heterocycles. The van der Waals surface area contributed by atoms with Gasteiger partial charge in [0.2, 0.25) is 0 Å². The first-order valence-electron chi connectivity index (χ1n) is 9.24. The molecular formula is C22H27FO2. The minimum Gasteiger partial charge on any atom is -0.505 e. The van der Waals surface area contributed by atoms with Crippen LogP contribution in [-0.2, 0) is 0 Å². The maximum Gasteiger partial charge on any atom is 0.165 e. The largest absolute Gasteiger partial charge is 0.505 e. The molecule has 0 atom stereocenters. The molecule has 2 rings (SSSR count). The lowest BCUT2D eigenvalue weighted by molar-refractivity contribution is 0.0979. The molecule has 0 bridgehead atoms. The smallest absolute Gasteiger partial charge is 0.165 e. The van der Waals surface area contributed by atoms with Gasteiger partial charge in [-0.15, -0.1) is 0 Å². The fraction of sp³-hybridized carbons (Fsp3) is 0.409. The Morgan fingerprint density at radius 2 is 1.48 bits per heavy atom. The van der Waals surface area contributed by atoms with Gasteiger partial charge in [0.1, 0.15) is 0 Å². The van der Waals surface area contributed by atoms with E-state index in [1.54, 1.807) is 18.2 Å². The number of halogens is 1. The lowest BCUT2D eigenvalue weighted by Crippen LogP contribution is -1.98. The Morgan fingerprint density at radius 1 is 0.880 bits per heavy atom. The third-order valence-corrected chi connectivity index (χ3v) is 4.50. The van der Waals surface area contributed by atoms with Crippen LogP contribution in [0.25, 0.3) is 11.1 Å². The highest BCUT2D eigenvalue weighted by molar-refractivity contribution is 5.96. The first kappa shape index (κ1) is 19.2. The zero-order valence-corrected chi connectivity index (χ0v) is 14.9. The van der Waals surface area contributed by atoms with E-state index in [1.807, 2.05) is 12.1 Å². The lowest BCUT2D eigenvalue weighted by Gasteiger charge is -2.06. The number of benzene rings is 2. The number of carbonyl (C=O) groups excluding carboxylic acids is 1. The van der Waals surface area contributed by atoms with Gasteiger partial charge in [0.25, 0.3) is 0 Å². The molecule has 2 nitrogen and oxygen atoms in total. The highest BCUT2D eigenvalue weighted by Crippen LogP contribution is 2.25. The van der Waals surface area contributed by atoms with Gasteiger partial charge in [-0.2, -0.15) is 0 Å². The van der Waals surface area contributed by atoms with E-state index in [0.29, 0.717) is 17.5 Å². The van der Waals surface area contributed by atoms with Crippen LogP contribution < -0.4 is 0 Å². The monoisotopic (exact) mass is 342 g/mol. The molecule has 3 heteroatoms. The Kier molecular flexibility index (Phi) is 7.65. The number of phenolic OH excluding ortho intramolecular Hbond substituents is 1. The molecule has 0 spiro atoms. The van der Waals surface area contributed by atoms with E-state index in [1.165, 1.54) is 44.2 Å². The molecule has 0 heterocycles. The molecule has 0 amide bonds. The summed E-state index contributed by atoms with van der Waals surface area (Å²) in [5.41, 5.74) is 2.21. The van der Waals surface area contributed by atoms with Crippen molar-refractivity contribution in [3.8, 4) is 16.9 Å². The minimum atomic E-state index is -0.642. The Balaban J connectivity index is 1.82. The highest BCUT2D eigenvalue weighted by atomic mass is 19.1. The first-order chi connectivity index (χ1) is 12.1. The number of hydrogen-bond acceptors (Lipinski definition) is 2. The first-order valence-corrected chi connectivity index (χ1v) is 9.24. The number of unbranched alkanes of at least 4 members (excludes halogenated alkanes) is 6. The van der Waals surface area contributed by atoms with Crippen LogP contribution in [0.1, 0.15) is 68.6 Å². The van der Waals surface area contributed by atoms with Crippen LogP contribution in [0.15, 0.2) is 42.5 Å². The summed E-state index contributed by atoms with van der Waals surface area (Å²) >= 11 is 0. The Morgan fingerprint density at radius 3 is 2.12 bits per heavy atom. The summed E-state index contributed by atoms with van der Waals surface area (Å²) in [6, 6.07) is 11.5. The average Bonchev–Trinajstić information content (AvgIpc) is 2.63. The van der Waals surface area contributed by atoms with Gasteiger partial charge in [-0.25, -0.2) is 4.39 Å². The molecular weight excluding hydrogens is 315 g/mol. The second-order valence-electron chi connectivity index (χ2n) is 6.54. The van der Waals surface area contributed by atoms with E-state index in [-0.39, 0.29) is 11.5 Å². The van der Waals surface area contributed by atoms with E-state index in [4.69, 9.17) is 0 Å². The second-order valence-corrected chi connectivity index (χ2v) is 6.54. The van der Waals surface area contributed by atoms with Crippen molar-refractivity contribution in [1.82, 2.24) is 0 Å². The standard InChI is InChI=1S/C22H27FO2/c1-2-3-4-5-6-7-8-9-21(24)18-12-10-17(11-13-18)19-14-15-22(25)20(23)16-19/h10-16,25H,2-9H2,1H3. The van der Waals surface area contributed by atoms with Crippen LogP contribution in [-0.4, -0.2) is 10.9 Å². The van der Waals surface area contributed by atoms with Crippen molar-refractivity contribution in [2.75, 3.05) is 0 Å². The van der Waals surface area contributed by atoms with Gasteiger partial charge in [0, 0.05) is 12.0 Å². The Labute approximate surface area is 149 Å². The number of aromatic hydroxyl groups is 1. The molecule has 0 fully saturated rings. The topological polar surface area (TPSA) is 37.3 Å². The maximum atomic E-state index is 13.4. The second kappa shape index (κ2) is 9.97. The maximum absolute atomic E-state index is 13.4. The molecule has 2 aromatic rings. The summed E-state index contributed by atoms with van der Waals surface area (Å²) in [6.45, 7) is 2.21. The van der Waals surface area contributed by atoms with Crippen molar-refractivity contribution in [3.05, 3.63) is 53.8 Å². The summed E-state index contributed by atoms with van der Waals surface area (Å²) in [4.78, 5) is 12.2. The van der Waals surface area contributed by atoms with Crippen molar-refractivity contribution >= 4 is 5.78 Å². The van der Waals surface area contributed by atoms with E-state index >= 15 is 0 Å². The SMILES string of the molecule is CCCCCCCCCC(=O)c1ccc(-c2ccc(O)c(F)c2)cc1. The van der Waals surface area contributed by atoms with Crippen molar-refractivity contribution < 1.29 is 14.3 Å². The van der Waals surface area contributed by atoms with Gasteiger partial charge >= 0.3 is 0 Å². The Hall–Kier alpha value is -2.16. The van der Waals surface area contributed by atoms with Crippen LogP contribution >= 0.6 is 0 Å². The van der Waals surface area contributed by atoms with Gasteiger partial charge in [-0.1, -0.05) is 75.8 Å². The summed E-state index contributed by atoms with van der Waals surface area (Å²) in [5, 5.41) is 9.25. The summed E-state index contributed by atoms with van der Waals surface area (Å²) in [5.74, 6) is -0.834. The number of hydrogen-bond donors (Lipinski definition) is 1. The van der Waals surface area contributed by atoms with Crippen molar-refractivity contribution in [2.24, 2.45) is 0 Å². The minimum absolute atomic E-state index is 0.164. The molecule has 0 aliphatic heterocycles. The third kappa shape index (κ3) is 6.00. The Bertz CT molecular complexity index is 677. The molecule has 134 valence electrons. The van der Waals surface area contributed by atoms with Crippen LogP contribution in [0.2, 0.25) is 0 Å². The van der Waals surface area contributed by atoms with Crippen molar-refractivity contribution in [3.63, 3.8) is 0 Å². The quantitative estimate of drug-likeness (QED) is 0.394. The molecule has 25 heavy (non-hydrogen) atoms. The molecule has 0 aliphatic rings. The van der Waals surface area contributed by atoms with Gasteiger partial charge in [-0.3, -0.25) is 4.79 Å². The van der Waals surface area contributed by atoms with Gasteiger partial charge in [-0.05, 0) is 29.7 Å². The summed E-state index contributed by atoms with van der Waals surface area (Å²) < 4.78 is 13.4. The van der Waals surface area contributed by atoms with Gasteiger partial charge in [0.05, 0.1) is 0 Å². The molecule has 2 aromatic carbocycles. The molecule has 0 aromatic heterocycles. The van der Waals surface area contributed by atoms with Crippen molar-refractivity contribution in [1.29, 1.82) is 0 Å². The predicted molar refractivity (Wildman–Crippen MR) is 100 cm³/mol. The predicted octanol–water partition coefficient (Wildman–Crippen LogP) is 6.52. The third-order valence-electron chi connectivity index (χ3n) is 4.50. The number of ketones is 1. The number of phenols is 1. The molecule has 0 saturated carbocycles. The number of carbonyl (C=O) groups is 1. The molecule has 1 N–H and O–H groups in total. The van der Waals surface area contributed by atoms with Gasteiger partial charge in [0.15, 0.2) is 17.3 Å². The van der Waals surface area contributed by atoms with Crippen molar-refractivity contribution in [2.45, 2.75) is 58.3 Å². The van der Waals surface area contributed by atoms with E-state index in [9.17, 15) is 14.3 Å². The zero-order valence-electron chi connectivity index (χ0n) is 14.9. The van der Waals surface area contributed by atoms with Crippen LogP contribution in [0, 0.1) is 5.82 Å².